The molecule has 0 heterocycles. The molecule has 6 atom stereocenters. The van der Waals surface area contributed by atoms with E-state index in [0.29, 0.717) is 88.5 Å². The van der Waals surface area contributed by atoms with Gasteiger partial charge >= 0.3 is 12.1 Å². The first-order chi connectivity index (χ1) is 42.1. The average Bonchev–Trinajstić information content (AvgIpc) is 3.69. The van der Waals surface area contributed by atoms with E-state index < -0.39 is 90.4 Å². The minimum absolute atomic E-state index is 0.0278. The molecule has 502 valence electrons. The van der Waals surface area contributed by atoms with Crippen molar-refractivity contribution in [2.24, 2.45) is 22.9 Å². The van der Waals surface area contributed by atoms with Crippen LogP contribution in [0.25, 0.3) is 0 Å². The molecule has 0 spiro atoms. The lowest BCUT2D eigenvalue weighted by molar-refractivity contribution is -0.142. The van der Waals surface area contributed by atoms with Gasteiger partial charge in [-0.1, -0.05) is 162 Å². The lowest BCUT2D eigenvalue weighted by atomic mass is 10.0. The number of amides is 7. The van der Waals surface area contributed by atoms with E-state index >= 15 is 0 Å². The standard InChI is InChI=1S/C63H123N11O11S/c1-3-5-7-9-11-13-15-17-18-20-22-24-26-40-56(76)69-55(49-86-47-45-68-63(84)85-46-35-25-23-21-19-16-14-12-10-8-6-4-2)61(81)74-54(48-75)60(80)72-51(37-28-32-42-65)58(78)70-50(36-27-31-41-64)57(77)71-52(38-29-33-43-66)59(79)73-53(62(82)83)39-30-34-44-67/h50-55,75H,3-49,64-67H2,1-2H3,(H,68,84)(H,69,76)(H,70,78)(H,71,77)(H,72,80)(H,73,79)(H,74,81)(H,82,83)/t50-,51-,52-,53-,54-,55-/m0/s1/i/hD. The molecular weight excluding hydrogens is 1120 g/mol. The zero-order valence-electron chi connectivity index (χ0n) is 54.4. The van der Waals surface area contributed by atoms with Crippen LogP contribution in [0, 0.1) is 0 Å². The van der Waals surface area contributed by atoms with Crippen LogP contribution in [0.15, 0.2) is 0 Å². The number of nitrogens with two attached hydrogens (primary N) is 4. The number of aliphatic hydroxyl groups is 1. The number of hydrogen-bond donors (Lipinski definition) is 13. The van der Waals surface area contributed by atoms with Crippen LogP contribution in [0.4, 0.5) is 4.79 Å². The van der Waals surface area contributed by atoms with Crippen molar-refractivity contribution in [3.63, 3.8) is 0 Å². The minimum atomic E-state index is -1.64. The predicted octanol–water partition coefficient (Wildman–Crippen LogP) is 7.13. The summed E-state index contributed by atoms with van der Waals surface area (Å²) in [4.78, 5) is 108. The van der Waals surface area contributed by atoms with Gasteiger partial charge in [0, 0.05) is 24.5 Å². The number of unbranched alkanes of at least 4 members (excludes halogenated alkanes) is 27. The second kappa shape index (κ2) is 58.4. The van der Waals surface area contributed by atoms with E-state index in [1.54, 1.807) is 0 Å². The molecule has 0 unspecified atom stereocenters. The van der Waals surface area contributed by atoms with Crippen LogP contribution in [0.5, 0.6) is 0 Å². The molecule has 0 aliphatic carbocycles. The number of nitrogens with one attached hydrogen (secondary N) is 7. The molecule has 0 aliphatic heterocycles. The van der Waals surface area contributed by atoms with Gasteiger partial charge in [-0.05, 0) is 116 Å². The van der Waals surface area contributed by atoms with Crippen LogP contribution in [0.1, 0.15) is 258 Å². The fourth-order valence-electron chi connectivity index (χ4n) is 9.87. The molecule has 22 nitrogen and oxygen atoms in total. The molecule has 0 saturated carbocycles. The van der Waals surface area contributed by atoms with Gasteiger partial charge in [0.25, 0.3) is 0 Å². The molecule has 0 fully saturated rings. The van der Waals surface area contributed by atoms with Crippen molar-refractivity contribution in [1.29, 1.82) is 0 Å². The number of aliphatic hydroxyl groups excluding tert-OH is 1. The van der Waals surface area contributed by atoms with Crippen LogP contribution in [-0.2, 0) is 38.3 Å². The number of aliphatic carboxylic acids is 1. The highest BCUT2D eigenvalue weighted by Crippen LogP contribution is 2.16. The third-order valence-corrected chi connectivity index (χ3v) is 16.3. The van der Waals surface area contributed by atoms with Crippen molar-refractivity contribution in [2.75, 3.05) is 57.4 Å². The predicted molar refractivity (Wildman–Crippen MR) is 346 cm³/mol. The minimum Gasteiger partial charge on any atom is -0.480 e. The molecule has 0 aliphatic rings. The fraction of sp³-hybridized carbons (Fsp3) is 0.873. The summed E-state index contributed by atoms with van der Waals surface area (Å²) in [6.45, 7) is 5.23. The summed E-state index contributed by atoms with van der Waals surface area (Å²) in [6.07, 6.45) is 32.3. The second-order valence-electron chi connectivity index (χ2n) is 23.0. The third-order valence-electron chi connectivity index (χ3n) is 15.2. The Labute approximate surface area is 523 Å². The van der Waals surface area contributed by atoms with Crippen molar-refractivity contribution >= 4 is 59.3 Å². The van der Waals surface area contributed by atoms with Gasteiger partial charge in [0.2, 0.25) is 35.4 Å². The Balaban J connectivity index is 6.08. The number of carbonyl (C=O) groups excluding carboxylic acids is 7. The lowest BCUT2D eigenvalue weighted by Gasteiger charge is -2.27. The van der Waals surface area contributed by atoms with Crippen LogP contribution >= 0.6 is 11.8 Å². The maximum Gasteiger partial charge on any atom is 0.407 e. The van der Waals surface area contributed by atoms with Gasteiger partial charge < -0.3 is 75.1 Å². The van der Waals surface area contributed by atoms with Gasteiger partial charge in [0.15, 0.2) is 1.41 Å². The monoisotopic (exact) mass is 1240 g/mol. The van der Waals surface area contributed by atoms with Gasteiger partial charge in [-0.15, -0.1) is 0 Å². The van der Waals surface area contributed by atoms with E-state index in [1.807, 2.05) is 0 Å². The molecule has 0 rings (SSSR count). The topological polar surface area (TPSA) is 375 Å². The summed E-state index contributed by atoms with van der Waals surface area (Å²) < 4.78 is 14.3. The van der Waals surface area contributed by atoms with Crippen molar-refractivity contribution in [3.05, 3.63) is 0 Å². The Morgan fingerprint density at radius 3 is 1.13 bits per heavy atom. The number of ether oxygens (including phenoxy) is 1. The van der Waals surface area contributed by atoms with Crippen molar-refractivity contribution in [2.45, 2.75) is 294 Å². The van der Waals surface area contributed by atoms with Gasteiger partial charge in [0.1, 0.15) is 36.3 Å². The highest BCUT2D eigenvalue weighted by molar-refractivity contribution is 7.99. The first-order valence-corrected chi connectivity index (χ1v) is 34.8. The van der Waals surface area contributed by atoms with Gasteiger partial charge in [0.05, 0.1) is 13.2 Å². The molecular formula is C63H123N11O11S. The number of carboxylic acids is 1. The SMILES string of the molecule is [2H]N(C(=O)CCCCCCCCCCCCCCC)[C@@H](CSCCNC(=O)OCCCCCCCCCCCCCC)C(=O)N[C@@H](CO)C(=O)N[C@@H](CCCCN)C(=O)N[C@@H](CCCCN)C(=O)N[C@@H](CCCCN)C(=O)N[C@@H](CCCCN)C(=O)O. The summed E-state index contributed by atoms with van der Waals surface area (Å²) >= 11 is 1.21. The summed E-state index contributed by atoms with van der Waals surface area (Å²) in [5.41, 5.74) is 22.9. The fourth-order valence-corrected chi connectivity index (χ4v) is 10.7. The van der Waals surface area contributed by atoms with Crippen molar-refractivity contribution < 1.29 is 54.7 Å². The van der Waals surface area contributed by atoms with Gasteiger partial charge in [-0.2, -0.15) is 11.8 Å². The molecule has 17 N–H and O–H groups in total. The Bertz CT molecular complexity index is 1800. The van der Waals surface area contributed by atoms with Crippen molar-refractivity contribution in [1.82, 2.24) is 37.2 Å². The van der Waals surface area contributed by atoms with Crippen molar-refractivity contribution in [3.8, 4) is 0 Å². The number of hydrogen-bond acceptors (Lipinski definition) is 15. The van der Waals surface area contributed by atoms with Gasteiger partial charge in [-0.3, -0.25) is 28.8 Å². The number of carbonyl (C=O) groups is 8. The van der Waals surface area contributed by atoms with Gasteiger partial charge in [-0.25, -0.2) is 9.59 Å². The zero-order chi connectivity index (χ0) is 64.6. The summed E-state index contributed by atoms with van der Waals surface area (Å²) in [5.74, 6) is -5.69. The molecule has 0 aromatic rings. The van der Waals surface area contributed by atoms with E-state index in [9.17, 15) is 48.6 Å². The first-order valence-electron chi connectivity index (χ1n) is 34.1. The molecule has 0 bridgehead atoms. The Morgan fingerprint density at radius 1 is 0.430 bits per heavy atom. The first kappa shape index (κ1) is 79.7. The smallest absolute Gasteiger partial charge is 0.407 e. The molecule has 7 amide bonds. The molecule has 23 heteroatoms. The highest BCUT2D eigenvalue weighted by Gasteiger charge is 2.33. The number of carboxylic acid groups (broad SMARTS) is 1. The zero-order valence-corrected chi connectivity index (χ0v) is 54.2. The Morgan fingerprint density at radius 2 is 0.756 bits per heavy atom. The normalized spacial score (nSPS) is 13.5. The molecule has 0 radical (unpaired) electrons. The van der Waals surface area contributed by atoms with E-state index in [4.69, 9.17) is 29.1 Å². The largest absolute Gasteiger partial charge is 0.480 e. The average molecular weight is 1240 g/mol. The van der Waals surface area contributed by atoms with Crippen LogP contribution in [0.2, 0.25) is 1.41 Å². The molecule has 0 aromatic heterocycles. The molecule has 0 aromatic carbocycles. The lowest BCUT2D eigenvalue weighted by Crippen LogP contribution is -2.60. The maximum atomic E-state index is 14.2. The Hall–Kier alpha value is -4.29. The maximum absolute atomic E-state index is 14.2. The second-order valence-corrected chi connectivity index (χ2v) is 24.2. The van der Waals surface area contributed by atoms with Crippen LogP contribution in [-0.4, -0.2) is 151 Å². The van der Waals surface area contributed by atoms with Crippen LogP contribution < -0.4 is 60.1 Å². The molecule has 86 heavy (non-hydrogen) atoms. The summed E-state index contributed by atoms with van der Waals surface area (Å²) in [5, 5.41) is 36.8. The van der Waals surface area contributed by atoms with E-state index in [2.05, 4.69) is 45.7 Å². The quantitative estimate of drug-likeness (QED) is 0.0269. The Kier molecular flexibility index (Phi) is 54.1. The van der Waals surface area contributed by atoms with Crippen LogP contribution in [0.3, 0.4) is 0 Å². The number of rotatable bonds is 61. The van der Waals surface area contributed by atoms with E-state index in [0.717, 1.165) is 44.9 Å². The van der Waals surface area contributed by atoms with E-state index in [1.165, 1.54) is 121 Å². The molecule has 0 saturated heterocycles. The number of thioether (sulfide) groups is 1. The summed E-state index contributed by atoms with van der Waals surface area (Å²) in [7, 11) is 0. The highest BCUT2D eigenvalue weighted by atomic mass is 32.2. The van der Waals surface area contributed by atoms with E-state index in [-0.39, 0.29) is 57.5 Å². The third kappa shape index (κ3) is 45.9. The number of alkyl carbamates (subject to hydrolysis) is 1. The summed E-state index contributed by atoms with van der Waals surface area (Å²) in [6, 6.07) is -8.00.